The minimum absolute atomic E-state index is 0.0965. The van der Waals surface area contributed by atoms with E-state index in [-0.39, 0.29) is 30.2 Å². The van der Waals surface area contributed by atoms with Crippen LogP contribution in [0, 0.1) is 12.3 Å². The number of amides is 2. The molecule has 2 rings (SSSR count). The maximum absolute atomic E-state index is 12.8. The molecule has 0 saturated carbocycles. The van der Waals surface area contributed by atoms with Crippen LogP contribution in [0.25, 0.3) is 0 Å². The lowest BCUT2D eigenvalue weighted by Crippen LogP contribution is -2.39. The number of aliphatic hydroxyl groups is 1. The van der Waals surface area contributed by atoms with Crippen LogP contribution in [0.15, 0.2) is 39.4 Å². The number of sulfonamides is 1. The van der Waals surface area contributed by atoms with Gasteiger partial charge < -0.3 is 10.4 Å². The van der Waals surface area contributed by atoms with Gasteiger partial charge in [0, 0.05) is 38.3 Å². The number of anilines is 1. The van der Waals surface area contributed by atoms with Gasteiger partial charge in [0.05, 0.1) is 18.0 Å². The fourth-order valence-corrected chi connectivity index (χ4v) is 4.03. The lowest BCUT2D eigenvalue weighted by Gasteiger charge is -2.22. The molecule has 2 N–H and O–H groups in total. The Hall–Kier alpha value is -2.77. The molecule has 0 aliphatic carbocycles. The molecule has 28 heavy (non-hydrogen) atoms. The molecular formula is C18H22N4O5S. The van der Waals surface area contributed by atoms with Crippen molar-refractivity contribution in [2.75, 3.05) is 18.5 Å². The van der Waals surface area contributed by atoms with Crippen LogP contribution in [0.1, 0.15) is 32.6 Å². The van der Waals surface area contributed by atoms with Gasteiger partial charge in [-0.25, -0.2) is 12.7 Å². The Morgan fingerprint density at radius 1 is 1.25 bits per heavy atom. The summed E-state index contributed by atoms with van der Waals surface area (Å²) >= 11 is 0. The zero-order valence-electron chi connectivity index (χ0n) is 15.5. The van der Waals surface area contributed by atoms with Crippen LogP contribution >= 0.6 is 0 Å². The number of nitrogens with zero attached hydrogens (tertiary/aromatic N) is 3. The third kappa shape index (κ3) is 5.37. The number of hydrogen-bond acceptors (Lipinski definition) is 7. The van der Waals surface area contributed by atoms with Crippen LogP contribution in [0.3, 0.4) is 0 Å². The van der Waals surface area contributed by atoms with Crippen LogP contribution < -0.4 is 5.32 Å². The lowest BCUT2D eigenvalue weighted by atomic mass is 10.0. The van der Waals surface area contributed by atoms with Crippen molar-refractivity contribution in [3.05, 3.63) is 24.3 Å². The molecule has 0 bridgehead atoms. The number of carbonyl (C=O) groups excluding carboxylic acids is 2. The molecule has 0 saturated heterocycles. The third-order valence-corrected chi connectivity index (χ3v) is 5.97. The summed E-state index contributed by atoms with van der Waals surface area (Å²) < 4.78 is 26.3. The lowest BCUT2D eigenvalue weighted by molar-refractivity contribution is -0.127. The van der Waals surface area contributed by atoms with Crippen LogP contribution in [0.5, 0.6) is 0 Å². The van der Waals surface area contributed by atoms with E-state index in [1.165, 1.54) is 31.2 Å². The van der Waals surface area contributed by atoms with Gasteiger partial charge in [0.25, 0.3) is 10.0 Å². The monoisotopic (exact) mass is 406 g/mol. The molecule has 1 aliphatic rings. The summed E-state index contributed by atoms with van der Waals surface area (Å²) in [4.78, 5) is 23.5. The van der Waals surface area contributed by atoms with E-state index in [0.29, 0.717) is 22.8 Å². The van der Waals surface area contributed by atoms with Crippen LogP contribution in [0.2, 0.25) is 0 Å². The molecule has 9 nitrogen and oxygen atoms in total. The Bertz CT molecular complexity index is 897. The van der Waals surface area contributed by atoms with Gasteiger partial charge in [-0.15, -0.1) is 12.3 Å². The number of benzene rings is 1. The molecule has 0 aromatic heterocycles. The van der Waals surface area contributed by atoms with E-state index in [1.807, 2.05) is 0 Å². The molecule has 0 atom stereocenters. The van der Waals surface area contributed by atoms with Gasteiger partial charge in [0.15, 0.2) is 5.66 Å². The Morgan fingerprint density at radius 2 is 1.89 bits per heavy atom. The van der Waals surface area contributed by atoms with Crippen LogP contribution in [0.4, 0.5) is 5.69 Å². The van der Waals surface area contributed by atoms with E-state index in [0.717, 1.165) is 0 Å². The van der Waals surface area contributed by atoms with E-state index in [9.17, 15) is 23.1 Å². The number of rotatable bonds is 10. The van der Waals surface area contributed by atoms with Crippen LogP contribution in [-0.2, 0) is 19.6 Å². The van der Waals surface area contributed by atoms with E-state index in [2.05, 4.69) is 21.5 Å². The SMILES string of the molecule is C#CCCC1(CCC(=O)N(CCO)S(=O)(=O)c2ccc(NC(C)=O)cc2)N=N1. The summed E-state index contributed by atoms with van der Waals surface area (Å²) in [6.45, 7) is 0.466. The second-order valence-corrected chi connectivity index (χ2v) is 8.15. The molecule has 0 radical (unpaired) electrons. The summed E-state index contributed by atoms with van der Waals surface area (Å²) in [5.74, 6) is 1.54. The topological polar surface area (TPSA) is 128 Å². The van der Waals surface area contributed by atoms with Crippen molar-refractivity contribution >= 4 is 27.5 Å². The minimum atomic E-state index is -4.15. The van der Waals surface area contributed by atoms with Gasteiger partial charge in [-0.05, 0) is 24.3 Å². The molecule has 1 aliphatic heterocycles. The molecule has 0 fully saturated rings. The predicted octanol–water partition coefficient (Wildman–Crippen LogP) is 1.51. The fourth-order valence-electron chi connectivity index (χ4n) is 2.61. The molecule has 1 aromatic rings. The summed E-state index contributed by atoms with van der Waals surface area (Å²) in [6, 6.07) is 5.43. The van der Waals surface area contributed by atoms with Gasteiger partial charge in [-0.1, -0.05) is 0 Å². The number of terminal acetylenes is 1. The Morgan fingerprint density at radius 3 is 2.39 bits per heavy atom. The maximum Gasteiger partial charge on any atom is 0.266 e. The predicted molar refractivity (Wildman–Crippen MR) is 102 cm³/mol. The molecule has 150 valence electrons. The molecule has 0 spiro atoms. The second kappa shape index (κ2) is 8.95. The molecule has 10 heteroatoms. The van der Waals surface area contributed by atoms with Crippen molar-refractivity contribution < 1.29 is 23.1 Å². The Labute approximate surface area is 163 Å². The summed E-state index contributed by atoms with van der Waals surface area (Å²) in [7, 11) is -4.15. The van der Waals surface area contributed by atoms with Crippen molar-refractivity contribution in [1.29, 1.82) is 0 Å². The first-order chi connectivity index (χ1) is 13.2. The fraction of sp³-hybridized carbons (Fsp3) is 0.444. The molecule has 1 aromatic carbocycles. The molecule has 0 unspecified atom stereocenters. The smallest absolute Gasteiger partial charge is 0.266 e. The van der Waals surface area contributed by atoms with E-state index < -0.39 is 28.2 Å². The number of aliphatic hydroxyl groups excluding tert-OH is 1. The molecule has 1 heterocycles. The molecular weight excluding hydrogens is 384 g/mol. The van der Waals surface area contributed by atoms with Gasteiger partial charge in [0.2, 0.25) is 11.8 Å². The zero-order valence-corrected chi connectivity index (χ0v) is 16.3. The van der Waals surface area contributed by atoms with Crippen molar-refractivity contribution in [2.24, 2.45) is 10.2 Å². The normalized spacial score (nSPS) is 14.2. The Balaban J connectivity index is 2.11. The summed E-state index contributed by atoms with van der Waals surface area (Å²) in [5.41, 5.74) is -0.268. The Kier molecular flexibility index (Phi) is 6.88. The van der Waals surface area contributed by atoms with Crippen molar-refractivity contribution in [1.82, 2.24) is 4.31 Å². The first kappa shape index (κ1) is 21.5. The average Bonchev–Trinajstić information content (AvgIpc) is 3.42. The van der Waals surface area contributed by atoms with Crippen molar-refractivity contribution in [3.8, 4) is 12.3 Å². The number of hydrogen-bond donors (Lipinski definition) is 2. The van der Waals surface area contributed by atoms with Crippen molar-refractivity contribution in [2.45, 2.75) is 43.2 Å². The number of nitrogens with one attached hydrogen (secondary N) is 1. The van der Waals surface area contributed by atoms with Gasteiger partial charge in [0.1, 0.15) is 0 Å². The van der Waals surface area contributed by atoms with E-state index in [4.69, 9.17) is 6.42 Å². The van der Waals surface area contributed by atoms with Gasteiger partial charge >= 0.3 is 0 Å². The van der Waals surface area contributed by atoms with Crippen molar-refractivity contribution in [3.63, 3.8) is 0 Å². The number of carbonyl (C=O) groups is 2. The highest BCUT2D eigenvalue weighted by Gasteiger charge is 2.40. The zero-order chi connectivity index (χ0) is 20.8. The maximum atomic E-state index is 12.8. The van der Waals surface area contributed by atoms with E-state index >= 15 is 0 Å². The average molecular weight is 406 g/mol. The van der Waals surface area contributed by atoms with E-state index in [1.54, 1.807) is 0 Å². The summed E-state index contributed by atoms with van der Waals surface area (Å²) in [6.07, 6.45) is 6.35. The quantitative estimate of drug-likeness (QED) is 0.569. The minimum Gasteiger partial charge on any atom is -0.394 e. The highest BCUT2D eigenvalue weighted by Crippen LogP contribution is 2.38. The first-order valence-corrected chi connectivity index (χ1v) is 10.1. The highest BCUT2D eigenvalue weighted by atomic mass is 32.2. The van der Waals surface area contributed by atoms with Gasteiger partial charge in [-0.3, -0.25) is 9.59 Å². The second-order valence-electron chi connectivity index (χ2n) is 6.29. The van der Waals surface area contributed by atoms with Crippen LogP contribution in [-0.4, -0.2) is 48.5 Å². The molecule has 2 amide bonds. The summed E-state index contributed by atoms with van der Waals surface area (Å²) in [5, 5.41) is 19.6. The largest absolute Gasteiger partial charge is 0.394 e. The standard InChI is InChI=1S/C18H22N4O5S/c1-3-4-10-18(20-21-18)11-9-17(25)22(12-13-23)28(26,27)16-7-5-15(6-8-16)19-14(2)24/h1,5-8,23H,4,9-13H2,2H3,(H,19,24). The first-order valence-electron chi connectivity index (χ1n) is 8.66. The third-order valence-electron chi connectivity index (χ3n) is 4.14. The highest BCUT2D eigenvalue weighted by molar-refractivity contribution is 7.89. The van der Waals surface area contributed by atoms with Gasteiger partial charge in [-0.2, -0.15) is 10.2 Å².